The van der Waals surface area contributed by atoms with Gasteiger partial charge in [-0.25, -0.2) is 0 Å². The molecule has 0 aromatic rings. The zero-order chi connectivity index (χ0) is 10.3. The molecule has 0 rings (SSSR count). The number of rotatable bonds is 6. The number of hydrogen-bond donors (Lipinski definition) is 2. The molecule has 0 aromatic heterocycles. The summed E-state index contributed by atoms with van der Waals surface area (Å²) in [5.74, 6) is -0.163. The van der Waals surface area contributed by atoms with Gasteiger partial charge in [0.2, 0.25) is 5.91 Å². The van der Waals surface area contributed by atoms with Crippen molar-refractivity contribution >= 4 is 5.91 Å². The summed E-state index contributed by atoms with van der Waals surface area (Å²) in [6.45, 7) is 7.97. The van der Waals surface area contributed by atoms with Crippen LogP contribution in [0.25, 0.3) is 0 Å². The van der Waals surface area contributed by atoms with Crippen LogP contribution in [0.2, 0.25) is 0 Å². The second kappa shape index (κ2) is 5.72. The third kappa shape index (κ3) is 6.31. The van der Waals surface area contributed by atoms with Crippen LogP contribution in [0.15, 0.2) is 12.7 Å². The Labute approximate surface area is 79.1 Å². The lowest BCUT2D eigenvalue weighted by Gasteiger charge is -2.24. The van der Waals surface area contributed by atoms with Crippen molar-refractivity contribution in [3.05, 3.63) is 12.7 Å². The van der Waals surface area contributed by atoms with Crippen LogP contribution in [0.3, 0.4) is 0 Å². The van der Waals surface area contributed by atoms with Crippen molar-refractivity contribution in [1.29, 1.82) is 0 Å². The molecule has 13 heavy (non-hydrogen) atoms. The molecule has 0 saturated heterocycles. The first-order chi connectivity index (χ1) is 6.02. The van der Waals surface area contributed by atoms with E-state index >= 15 is 0 Å². The molecule has 0 spiro atoms. The maximum Gasteiger partial charge on any atom is 0.243 e. The zero-order valence-electron chi connectivity index (χ0n) is 8.30. The van der Waals surface area contributed by atoms with Crippen molar-refractivity contribution in [2.45, 2.75) is 25.9 Å². The van der Waals surface area contributed by atoms with Crippen molar-refractivity contribution in [1.82, 2.24) is 5.32 Å². The fourth-order valence-corrected chi connectivity index (χ4v) is 0.857. The first kappa shape index (κ1) is 12.1. The van der Waals surface area contributed by atoms with E-state index in [1.807, 2.05) is 13.8 Å². The molecule has 3 N–H and O–H groups in total. The third-order valence-corrected chi connectivity index (χ3v) is 1.69. The number of nitrogens with one attached hydrogen (secondary N) is 1. The van der Waals surface area contributed by atoms with E-state index in [1.54, 1.807) is 0 Å². The Morgan fingerprint density at radius 2 is 2.31 bits per heavy atom. The summed E-state index contributed by atoms with van der Waals surface area (Å²) >= 11 is 0. The zero-order valence-corrected chi connectivity index (χ0v) is 8.30. The fourth-order valence-electron chi connectivity index (χ4n) is 0.857. The van der Waals surface area contributed by atoms with E-state index in [1.165, 1.54) is 6.08 Å². The lowest BCUT2D eigenvalue weighted by atomic mass is 10.1. The molecule has 0 aromatic carbocycles. The van der Waals surface area contributed by atoms with Crippen LogP contribution in [0, 0.1) is 0 Å². The van der Waals surface area contributed by atoms with Gasteiger partial charge in [-0.15, -0.1) is 0 Å². The van der Waals surface area contributed by atoms with Crippen LogP contribution >= 0.6 is 0 Å². The van der Waals surface area contributed by atoms with Gasteiger partial charge in [0.25, 0.3) is 0 Å². The van der Waals surface area contributed by atoms with Crippen LogP contribution in [-0.2, 0) is 9.53 Å². The van der Waals surface area contributed by atoms with E-state index in [2.05, 4.69) is 11.9 Å². The molecule has 1 amide bonds. The highest BCUT2D eigenvalue weighted by Crippen LogP contribution is 2.11. The fraction of sp³-hybridized carbons (Fsp3) is 0.667. The van der Waals surface area contributed by atoms with E-state index in [-0.39, 0.29) is 18.2 Å². The molecule has 0 aliphatic carbocycles. The largest absolute Gasteiger partial charge is 0.361 e. The van der Waals surface area contributed by atoms with Gasteiger partial charge in [-0.3, -0.25) is 4.79 Å². The summed E-state index contributed by atoms with van der Waals surface area (Å²) in [5, 5.41) is 2.67. The number of carbonyl (C=O) groups is 1. The highest BCUT2D eigenvalue weighted by atomic mass is 16.5. The Morgan fingerprint density at radius 3 is 2.77 bits per heavy atom. The minimum Gasteiger partial charge on any atom is -0.361 e. The van der Waals surface area contributed by atoms with Crippen LogP contribution < -0.4 is 11.1 Å². The van der Waals surface area contributed by atoms with Gasteiger partial charge in [0.05, 0.1) is 12.3 Å². The highest BCUT2D eigenvalue weighted by Gasteiger charge is 2.16. The second-order valence-electron chi connectivity index (χ2n) is 3.32. The molecule has 0 aliphatic heterocycles. The molecule has 0 saturated carbocycles. The van der Waals surface area contributed by atoms with Crippen LogP contribution in [0.5, 0.6) is 0 Å². The molecule has 0 heterocycles. The summed E-state index contributed by atoms with van der Waals surface area (Å²) < 4.78 is 5.25. The van der Waals surface area contributed by atoms with E-state index in [4.69, 9.17) is 10.5 Å². The van der Waals surface area contributed by atoms with E-state index in [0.29, 0.717) is 6.54 Å². The van der Waals surface area contributed by atoms with Gasteiger partial charge < -0.3 is 15.8 Å². The lowest BCUT2D eigenvalue weighted by molar-refractivity contribution is -0.116. The van der Waals surface area contributed by atoms with Gasteiger partial charge in [-0.1, -0.05) is 6.58 Å². The lowest BCUT2D eigenvalue weighted by Crippen LogP contribution is -2.33. The molecule has 4 heteroatoms. The monoisotopic (exact) mass is 186 g/mol. The maximum absolute atomic E-state index is 10.8. The SMILES string of the molecule is C=CC(=O)NCCC(C)(C)OCN. The second-order valence-corrected chi connectivity index (χ2v) is 3.32. The van der Waals surface area contributed by atoms with Crippen molar-refractivity contribution in [3.8, 4) is 0 Å². The predicted octanol–water partition coefficient (Wildman–Crippen LogP) is 0.390. The van der Waals surface area contributed by atoms with Crippen molar-refractivity contribution in [2.75, 3.05) is 13.3 Å². The number of amides is 1. The molecule has 0 bridgehead atoms. The minimum absolute atomic E-state index is 0.163. The van der Waals surface area contributed by atoms with Crippen molar-refractivity contribution < 1.29 is 9.53 Å². The molecule has 0 unspecified atom stereocenters. The van der Waals surface area contributed by atoms with Crippen LogP contribution in [-0.4, -0.2) is 24.8 Å². The summed E-state index contributed by atoms with van der Waals surface area (Å²) in [7, 11) is 0. The van der Waals surface area contributed by atoms with Crippen LogP contribution in [0.4, 0.5) is 0 Å². The Bertz CT molecular complexity index is 178. The molecular weight excluding hydrogens is 168 g/mol. The van der Waals surface area contributed by atoms with Gasteiger partial charge >= 0.3 is 0 Å². The summed E-state index contributed by atoms with van der Waals surface area (Å²) in [6.07, 6.45) is 1.97. The number of nitrogens with two attached hydrogens (primary N) is 1. The number of ether oxygens (including phenoxy) is 1. The van der Waals surface area contributed by atoms with Gasteiger partial charge in [-0.2, -0.15) is 0 Å². The standard InChI is InChI=1S/C9H18N2O2/c1-4-8(12)11-6-5-9(2,3)13-7-10/h4H,1,5-7,10H2,2-3H3,(H,11,12). The molecule has 76 valence electrons. The molecule has 0 atom stereocenters. The molecule has 0 fully saturated rings. The smallest absolute Gasteiger partial charge is 0.243 e. The number of hydrogen-bond acceptors (Lipinski definition) is 3. The Hall–Kier alpha value is -0.870. The first-order valence-electron chi connectivity index (χ1n) is 4.26. The topological polar surface area (TPSA) is 64.3 Å². The predicted molar refractivity (Wildman–Crippen MR) is 52.0 cm³/mol. The number of carbonyl (C=O) groups excluding carboxylic acids is 1. The van der Waals surface area contributed by atoms with Crippen molar-refractivity contribution in [3.63, 3.8) is 0 Å². The van der Waals surface area contributed by atoms with E-state index in [9.17, 15) is 4.79 Å². The highest BCUT2D eigenvalue weighted by molar-refractivity contribution is 5.86. The summed E-state index contributed by atoms with van der Waals surface area (Å²) in [5.41, 5.74) is 4.96. The average molecular weight is 186 g/mol. The van der Waals surface area contributed by atoms with Crippen molar-refractivity contribution in [2.24, 2.45) is 5.73 Å². The Balaban J connectivity index is 3.62. The Kier molecular flexibility index (Phi) is 5.34. The van der Waals surface area contributed by atoms with E-state index in [0.717, 1.165) is 6.42 Å². The maximum atomic E-state index is 10.8. The quantitative estimate of drug-likeness (QED) is 0.466. The minimum atomic E-state index is -0.288. The third-order valence-electron chi connectivity index (χ3n) is 1.69. The van der Waals surface area contributed by atoms with Crippen LogP contribution in [0.1, 0.15) is 20.3 Å². The van der Waals surface area contributed by atoms with Gasteiger partial charge in [0, 0.05) is 6.54 Å². The average Bonchev–Trinajstić information content (AvgIpc) is 2.03. The normalized spacial score (nSPS) is 11.0. The summed E-state index contributed by atoms with van der Waals surface area (Å²) in [6, 6.07) is 0. The Morgan fingerprint density at radius 1 is 1.69 bits per heavy atom. The molecular formula is C9H18N2O2. The van der Waals surface area contributed by atoms with E-state index < -0.39 is 0 Å². The van der Waals surface area contributed by atoms with Gasteiger partial charge in [-0.05, 0) is 26.3 Å². The van der Waals surface area contributed by atoms with Gasteiger partial charge in [0.15, 0.2) is 0 Å². The molecule has 0 radical (unpaired) electrons. The summed E-state index contributed by atoms with van der Waals surface area (Å²) in [4.78, 5) is 10.8. The van der Waals surface area contributed by atoms with Gasteiger partial charge in [0.1, 0.15) is 0 Å². The molecule has 4 nitrogen and oxygen atoms in total. The molecule has 0 aliphatic rings. The first-order valence-corrected chi connectivity index (χ1v) is 4.26.